The highest BCUT2D eigenvalue weighted by molar-refractivity contribution is 7.13. The van der Waals surface area contributed by atoms with Gasteiger partial charge >= 0.3 is 5.97 Å². The molecule has 5 heteroatoms. The predicted molar refractivity (Wildman–Crippen MR) is 68.0 cm³/mol. The molecule has 1 fully saturated rings. The van der Waals surface area contributed by atoms with Crippen molar-refractivity contribution in [2.75, 3.05) is 5.73 Å². The van der Waals surface area contributed by atoms with Crippen LogP contribution in [-0.4, -0.2) is 16.1 Å². The SMILES string of the molecule is C=C(C(=O)O)C1CCCCC1c1csc(N)n1. The number of hydrogen-bond donors (Lipinski definition) is 2. The van der Waals surface area contributed by atoms with Crippen molar-refractivity contribution in [3.05, 3.63) is 23.2 Å². The van der Waals surface area contributed by atoms with E-state index in [1.807, 2.05) is 5.38 Å². The lowest BCUT2D eigenvalue weighted by Gasteiger charge is -2.30. The van der Waals surface area contributed by atoms with Gasteiger partial charge in [0.05, 0.1) is 5.69 Å². The van der Waals surface area contributed by atoms with E-state index < -0.39 is 5.97 Å². The molecule has 0 aromatic carbocycles. The van der Waals surface area contributed by atoms with Crippen molar-refractivity contribution in [2.45, 2.75) is 31.6 Å². The number of carboxylic acids is 1. The number of aromatic nitrogens is 1. The Hall–Kier alpha value is -1.36. The minimum atomic E-state index is -0.898. The Morgan fingerprint density at radius 2 is 2.24 bits per heavy atom. The molecule has 0 radical (unpaired) electrons. The summed E-state index contributed by atoms with van der Waals surface area (Å²) in [5.41, 5.74) is 6.87. The third-order valence-electron chi connectivity index (χ3n) is 3.41. The smallest absolute Gasteiger partial charge is 0.331 e. The number of nitrogens with zero attached hydrogens (tertiary/aromatic N) is 1. The zero-order valence-electron chi connectivity index (χ0n) is 9.56. The first-order valence-corrected chi connectivity index (χ1v) is 6.60. The molecule has 0 spiro atoms. The molecule has 1 aromatic rings. The number of thiazole rings is 1. The van der Waals surface area contributed by atoms with Crippen LogP contribution in [-0.2, 0) is 4.79 Å². The van der Waals surface area contributed by atoms with Crippen molar-refractivity contribution < 1.29 is 9.90 Å². The maximum Gasteiger partial charge on any atom is 0.331 e. The van der Waals surface area contributed by atoms with Gasteiger partial charge in [-0.1, -0.05) is 19.4 Å². The van der Waals surface area contributed by atoms with Crippen LogP contribution in [0, 0.1) is 5.92 Å². The molecular weight excluding hydrogens is 236 g/mol. The van der Waals surface area contributed by atoms with Gasteiger partial charge in [-0.3, -0.25) is 0 Å². The average molecular weight is 252 g/mol. The highest BCUT2D eigenvalue weighted by atomic mass is 32.1. The van der Waals surface area contributed by atoms with Gasteiger partial charge < -0.3 is 10.8 Å². The molecule has 1 aliphatic carbocycles. The zero-order valence-corrected chi connectivity index (χ0v) is 10.4. The maximum atomic E-state index is 11.0. The topological polar surface area (TPSA) is 76.2 Å². The van der Waals surface area contributed by atoms with E-state index in [-0.39, 0.29) is 11.8 Å². The van der Waals surface area contributed by atoms with Crippen LogP contribution >= 0.6 is 11.3 Å². The normalized spacial score (nSPS) is 24.5. The second-order valence-electron chi connectivity index (χ2n) is 4.44. The lowest BCUT2D eigenvalue weighted by atomic mass is 9.74. The first kappa shape index (κ1) is 12.1. The number of nitrogens with two attached hydrogens (primary N) is 1. The molecule has 1 saturated carbocycles. The summed E-state index contributed by atoms with van der Waals surface area (Å²) in [4.78, 5) is 15.3. The average Bonchev–Trinajstić information content (AvgIpc) is 2.74. The summed E-state index contributed by atoms with van der Waals surface area (Å²) in [7, 11) is 0. The van der Waals surface area contributed by atoms with Gasteiger partial charge in [0.1, 0.15) is 0 Å². The molecular formula is C12H16N2O2S. The number of carboxylic acid groups (broad SMARTS) is 1. The molecule has 0 amide bonds. The van der Waals surface area contributed by atoms with E-state index in [4.69, 9.17) is 10.8 Å². The lowest BCUT2D eigenvalue weighted by molar-refractivity contribution is -0.133. The van der Waals surface area contributed by atoms with E-state index in [9.17, 15) is 4.79 Å². The van der Waals surface area contributed by atoms with Crippen LogP contribution in [0.15, 0.2) is 17.5 Å². The third kappa shape index (κ3) is 2.49. The first-order valence-electron chi connectivity index (χ1n) is 5.72. The Balaban J connectivity index is 2.23. The molecule has 4 nitrogen and oxygen atoms in total. The molecule has 17 heavy (non-hydrogen) atoms. The highest BCUT2D eigenvalue weighted by Gasteiger charge is 2.32. The van der Waals surface area contributed by atoms with Gasteiger partial charge in [-0.25, -0.2) is 9.78 Å². The summed E-state index contributed by atoms with van der Waals surface area (Å²) in [5, 5.41) is 11.5. The van der Waals surface area contributed by atoms with E-state index in [0.29, 0.717) is 10.7 Å². The van der Waals surface area contributed by atoms with E-state index in [1.54, 1.807) is 0 Å². The Labute approximate surface area is 104 Å². The van der Waals surface area contributed by atoms with Crippen molar-refractivity contribution in [2.24, 2.45) is 5.92 Å². The molecule has 1 aromatic heterocycles. The molecule has 3 N–H and O–H groups in total. The van der Waals surface area contributed by atoms with E-state index in [1.165, 1.54) is 11.3 Å². The molecule has 0 saturated heterocycles. The van der Waals surface area contributed by atoms with Gasteiger partial charge in [0.2, 0.25) is 0 Å². The summed E-state index contributed by atoms with van der Waals surface area (Å²) in [5.74, 6) is -0.728. The van der Waals surface area contributed by atoms with Gasteiger partial charge in [-0.05, 0) is 18.8 Å². The minimum Gasteiger partial charge on any atom is -0.478 e. The quantitative estimate of drug-likeness (QED) is 0.811. The standard InChI is InChI=1S/C12H16N2O2S/c1-7(11(15)16)8-4-2-3-5-9(8)10-6-17-12(13)14-10/h6,8-9H,1-5H2,(H2,13,14)(H,15,16). The number of nitrogen functional groups attached to an aromatic ring is 1. The Morgan fingerprint density at radius 3 is 2.82 bits per heavy atom. The summed E-state index contributed by atoms with van der Waals surface area (Å²) in [6.07, 6.45) is 4.03. The van der Waals surface area contributed by atoms with E-state index >= 15 is 0 Å². The van der Waals surface area contributed by atoms with Crippen molar-refractivity contribution in [3.8, 4) is 0 Å². The van der Waals surface area contributed by atoms with Crippen molar-refractivity contribution >= 4 is 22.4 Å². The first-order chi connectivity index (χ1) is 8.09. The number of aliphatic carboxylic acids is 1. The van der Waals surface area contributed by atoms with Crippen LogP contribution in [0.5, 0.6) is 0 Å². The Bertz CT molecular complexity index is 441. The Morgan fingerprint density at radius 1 is 1.53 bits per heavy atom. The van der Waals surface area contributed by atoms with Crippen LogP contribution in [0.2, 0.25) is 0 Å². The fourth-order valence-corrected chi connectivity index (χ4v) is 3.16. The fourth-order valence-electron chi connectivity index (χ4n) is 2.53. The summed E-state index contributed by atoms with van der Waals surface area (Å²) in [6, 6.07) is 0. The fraction of sp³-hybridized carbons (Fsp3) is 0.500. The number of carbonyl (C=O) groups is 1. The minimum absolute atomic E-state index is 0.00255. The molecule has 2 rings (SSSR count). The van der Waals surface area contributed by atoms with Crippen molar-refractivity contribution in [1.82, 2.24) is 4.98 Å². The van der Waals surface area contributed by atoms with Crippen LogP contribution in [0.1, 0.15) is 37.3 Å². The van der Waals surface area contributed by atoms with Crippen LogP contribution < -0.4 is 5.73 Å². The largest absolute Gasteiger partial charge is 0.478 e. The molecule has 0 aliphatic heterocycles. The lowest BCUT2D eigenvalue weighted by Crippen LogP contribution is -2.23. The van der Waals surface area contributed by atoms with Crippen LogP contribution in [0.25, 0.3) is 0 Å². The van der Waals surface area contributed by atoms with E-state index in [0.717, 1.165) is 31.4 Å². The summed E-state index contributed by atoms with van der Waals surface area (Å²) >= 11 is 1.41. The number of anilines is 1. The zero-order chi connectivity index (χ0) is 12.4. The number of hydrogen-bond acceptors (Lipinski definition) is 4. The number of rotatable bonds is 3. The van der Waals surface area contributed by atoms with Crippen molar-refractivity contribution in [3.63, 3.8) is 0 Å². The van der Waals surface area contributed by atoms with Crippen LogP contribution in [0.3, 0.4) is 0 Å². The molecule has 1 heterocycles. The van der Waals surface area contributed by atoms with Crippen LogP contribution in [0.4, 0.5) is 5.13 Å². The Kier molecular flexibility index (Phi) is 3.47. The molecule has 1 aliphatic rings. The van der Waals surface area contributed by atoms with Gasteiger partial charge in [0, 0.05) is 16.9 Å². The highest BCUT2D eigenvalue weighted by Crippen LogP contribution is 2.41. The predicted octanol–water partition coefficient (Wildman–Crippen LogP) is 2.64. The summed E-state index contributed by atoms with van der Waals surface area (Å²) in [6.45, 7) is 3.71. The van der Waals surface area contributed by atoms with Gasteiger partial charge in [0.15, 0.2) is 5.13 Å². The van der Waals surface area contributed by atoms with Gasteiger partial charge in [-0.2, -0.15) is 0 Å². The third-order valence-corrected chi connectivity index (χ3v) is 4.10. The molecule has 0 bridgehead atoms. The molecule has 92 valence electrons. The van der Waals surface area contributed by atoms with Crippen molar-refractivity contribution in [1.29, 1.82) is 0 Å². The van der Waals surface area contributed by atoms with Gasteiger partial charge in [0.25, 0.3) is 0 Å². The van der Waals surface area contributed by atoms with E-state index in [2.05, 4.69) is 11.6 Å². The molecule has 2 unspecified atom stereocenters. The van der Waals surface area contributed by atoms with Gasteiger partial charge in [-0.15, -0.1) is 11.3 Å². The monoisotopic (exact) mass is 252 g/mol. The maximum absolute atomic E-state index is 11.0. The molecule has 2 atom stereocenters. The second kappa shape index (κ2) is 4.87. The summed E-state index contributed by atoms with van der Waals surface area (Å²) < 4.78 is 0. The second-order valence-corrected chi connectivity index (χ2v) is 5.33.